The van der Waals surface area contributed by atoms with Crippen molar-refractivity contribution in [1.29, 1.82) is 0 Å². The van der Waals surface area contributed by atoms with Crippen molar-refractivity contribution in [2.75, 3.05) is 24.2 Å². The van der Waals surface area contributed by atoms with E-state index >= 15 is 0 Å². The van der Waals surface area contributed by atoms with Crippen molar-refractivity contribution in [2.45, 2.75) is 45.6 Å². The van der Waals surface area contributed by atoms with Crippen LogP contribution >= 0.6 is 11.3 Å². The molecule has 0 aliphatic heterocycles. The van der Waals surface area contributed by atoms with Gasteiger partial charge in [0.25, 0.3) is 5.91 Å². The van der Waals surface area contributed by atoms with Crippen molar-refractivity contribution in [2.24, 2.45) is 5.92 Å². The van der Waals surface area contributed by atoms with Gasteiger partial charge in [-0.1, -0.05) is 31.1 Å². The van der Waals surface area contributed by atoms with E-state index in [4.69, 9.17) is 5.73 Å². The van der Waals surface area contributed by atoms with Gasteiger partial charge in [-0.15, -0.1) is 0 Å². The topological polar surface area (TPSA) is 71.2 Å². The summed E-state index contributed by atoms with van der Waals surface area (Å²) in [5.74, 6) is 0.955. The predicted octanol–water partition coefficient (Wildman–Crippen LogP) is 2.49. The number of aromatic nitrogens is 1. The number of thiazole rings is 1. The lowest BCUT2D eigenvalue weighted by Gasteiger charge is -2.27. The molecule has 2 rings (SSSR count). The number of nitrogens with one attached hydrogen (secondary N) is 1. The van der Waals surface area contributed by atoms with Crippen LogP contribution in [0.25, 0.3) is 0 Å². The smallest absolute Gasteiger partial charge is 0.265 e. The van der Waals surface area contributed by atoms with E-state index in [-0.39, 0.29) is 11.9 Å². The highest BCUT2D eigenvalue weighted by Crippen LogP contribution is 2.28. The lowest BCUT2D eigenvalue weighted by atomic mass is 9.87. The molecular weight excluding hydrogens is 272 g/mol. The summed E-state index contributed by atoms with van der Waals surface area (Å²) in [6.45, 7) is 5.13. The molecule has 0 aromatic carbocycles. The minimum Gasteiger partial charge on any atom is -0.382 e. The summed E-state index contributed by atoms with van der Waals surface area (Å²) in [6.07, 6.45) is 4.58. The van der Waals surface area contributed by atoms with E-state index in [0.29, 0.717) is 16.6 Å². The fourth-order valence-electron chi connectivity index (χ4n) is 2.60. The zero-order valence-corrected chi connectivity index (χ0v) is 13.3. The van der Waals surface area contributed by atoms with Crippen LogP contribution in [0.4, 0.5) is 10.9 Å². The molecule has 2 atom stereocenters. The van der Waals surface area contributed by atoms with Crippen LogP contribution in [-0.2, 0) is 0 Å². The Morgan fingerprint density at radius 1 is 1.55 bits per heavy atom. The molecule has 0 radical (unpaired) electrons. The molecular formula is C14H24N4OS. The zero-order valence-electron chi connectivity index (χ0n) is 12.5. The van der Waals surface area contributed by atoms with Crippen LogP contribution in [0, 0.1) is 5.92 Å². The third kappa shape index (κ3) is 3.42. The standard InChI is InChI=1S/C14H24N4OS/c1-4-18(3)14-17-12(15)11(20-14)13(19)16-10-7-5-6-9(2)8-10/h9-10H,4-8,15H2,1-3H3,(H,16,19). The molecule has 1 aromatic rings. The van der Waals surface area contributed by atoms with Crippen LogP contribution in [0.1, 0.15) is 49.2 Å². The number of nitrogens with zero attached hydrogens (tertiary/aromatic N) is 2. The first kappa shape index (κ1) is 15.1. The van der Waals surface area contributed by atoms with Gasteiger partial charge in [-0.2, -0.15) is 0 Å². The highest BCUT2D eigenvalue weighted by Gasteiger charge is 2.24. The highest BCUT2D eigenvalue weighted by molar-refractivity contribution is 7.18. The summed E-state index contributed by atoms with van der Waals surface area (Å²) >= 11 is 1.37. The van der Waals surface area contributed by atoms with Gasteiger partial charge >= 0.3 is 0 Å². The molecule has 1 aromatic heterocycles. The molecule has 1 fully saturated rings. The van der Waals surface area contributed by atoms with Crippen molar-refractivity contribution < 1.29 is 4.79 Å². The summed E-state index contributed by atoms with van der Waals surface area (Å²) in [6, 6.07) is 0.278. The van der Waals surface area contributed by atoms with Gasteiger partial charge in [0.2, 0.25) is 0 Å². The summed E-state index contributed by atoms with van der Waals surface area (Å²) in [5, 5.41) is 3.91. The molecule has 0 saturated heterocycles. The highest BCUT2D eigenvalue weighted by atomic mass is 32.1. The van der Waals surface area contributed by atoms with Crippen molar-refractivity contribution in [3.05, 3.63) is 4.88 Å². The van der Waals surface area contributed by atoms with Gasteiger partial charge in [-0.3, -0.25) is 4.79 Å². The van der Waals surface area contributed by atoms with Gasteiger partial charge in [-0.05, 0) is 25.7 Å². The second-order valence-corrected chi connectivity index (χ2v) is 6.64. The molecule has 0 bridgehead atoms. The van der Waals surface area contributed by atoms with Crippen LogP contribution in [0.3, 0.4) is 0 Å². The number of carbonyl (C=O) groups is 1. The molecule has 5 nitrogen and oxygen atoms in total. The van der Waals surface area contributed by atoms with Crippen molar-refractivity contribution in [1.82, 2.24) is 10.3 Å². The Balaban J connectivity index is 2.03. The summed E-state index contributed by atoms with van der Waals surface area (Å²) < 4.78 is 0. The maximum Gasteiger partial charge on any atom is 0.265 e. The van der Waals surface area contributed by atoms with Crippen LogP contribution in [0.15, 0.2) is 0 Å². The Labute approximate surface area is 124 Å². The Bertz CT molecular complexity index is 474. The zero-order chi connectivity index (χ0) is 14.7. The van der Waals surface area contributed by atoms with Crippen molar-refractivity contribution in [3.8, 4) is 0 Å². The van der Waals surface area contributed by atoms with E-state index in [1.807, 2.05) is 18.9 Å². The molecule has 1 heterocycles. The monoisotopic (exact) mass is 296 g/mol. The van der Waals surface area contributed by atoms with Gasteiger partial charge in [-0.25, -0.2) is 4.98 Å². The van der Waals surface area contributed by atoms with Crippen LogP contribution < -0.4 is 16.0 Å². The summed E-state index contributed by atoms with van der Waals surface area (Å²) in [4.78, 5) is 19.1. The van der Waals surface area contributed by atoms with Crippen LogP contribution in [0.2, 0.25) is 0 Å². The van der Waals surface area contributed by atoms with Crippen LogP contribution in [0.5, 0.6) is 0 Å². The number of nitrogen functional groups attached to an aromatic ring is 1. The minimum atomic E-state index is -0.0742. The maximum atomic E-state index is 12.3. The first-order chi connectivity index (χ1) is 9.51. The number of nitrogens with two attached hydrogens (primary N) is 1. The molecule has 1 aliphatic rings. The van der Waals surface area contributed by atoms with E-state index < -0.39 is 0 Å². The Morgan fingerprint density at radius 2 is 2.30 bits per heavy atom. The Morgan fingerprint density at radius 3 is 2.95 bits per heavy atom. The Hall–Kier alpha value is -1.30. The average Bonchev–Trinajstić information content (AvgIpc) is 2.80. The molecule has 3 N–H and O–H groups in total. The fourth-order valence-corrected chi connectivity index (χ4v) is 3.51. The number of anilines is 2. The van der Waals surface area contributed by atoms with E-state index in [0.717, 1.165) is 24.5 Å². The van der Waals surface area contributed by atoms with Gasteiger partial charge in [0.05, 0.1) is 0 Å². The quantitative estimate of drug-likeness (QED) is 0.895. The van der Waals surface area contributed by atoms with Gasteiger partial charge in [0.15, 0.2) is 5.13 Å². The summed E-state index contributed by atoms with van der Waals surface area (Å²) in [5.41, 5.74) is 5.88. The molecule has 20 heavy (non-hydrogen) atoms. The average molecular weight is 296 g/mol. The van der Waals surface area contributed by atoms with E-state index in [1.54, 1.807) is 0 Å². The molecule has 1 amide bonds. The largest absolute Gasteiger partial charge is 0.382 e. The van der Waals surface area contributed by atoms with E-state index in [9.17, 15) is 4.79 Å². The van der Waals surface area contributed by atoms with Crippen LogP contribution in [-0.4, -0.2) is 30.5 Å². The predicted molar refractivity (Wildman–Crippen MR) is 84.4 cm³/mol. The first-order valence-corrected chi connectivity index (χ1v) is 8.11. The second-order valence-electron chi connectivity index (χ2n) is 5.67. The lowest BCUT2D eigenvalue weighted by Crippen LogP contribution is -2.37. The SMILES string of the molecule is CCN(C)c1nc(N)c(C(=O)NC2CCCC(C)C2)s1. The fraction of sp³-hybridized carbons (Fsp3) is 0.714. The third-order valence-electron chi connectivity index (χ3n) is 3.92. The van der Waals surface area contributed by atoms with Gasteiger partial charge < -0.3 is 16.0 Å². The van der Waals surface area contributed by atoms with E-state index in [2.05, 4.69) is 17.2 Å². The molecule has 112 valence electrons. The number of amides is 1. The van der Waals surface area contributed by atoms with E-state index in [1.165, 1.54) is 24.2 Å². The normalized spacial score (nSPS) is 22.6. The molecule has 1 saturated carbocycles. The number of hydrogen-bond donors (Lipinski definition) is 2. The minimum absolute atomic E-state index is 0.0742. The van der Waals surface area contributed by atoms with Gasteiger partial charge in [0, 0.05) is 19.6 Å². The number of rotatable bonds is 4. The number of carbonyl (C=O) groups excluding carboxylic acids is 1. The molecule has 1 aliphatic carbocycles. The second kappa shape index (κ2) is 6.43. The first-order valence-electron chi connectivity index (χ1n) is 7.29. The molecule has 0 spiro atoms. The molecule has 6 heteroatoms. The maximum absolute atomic E-state index is 12.3. The molecule has 2 unspecified atom stereocenters. The number of hydrogen-bond acceptors (Lipinski definition) is 5. The van der Waals surface area contributed by atoms with Crippen molar-refractivity contribution >= 4 is 28.2 Å². The lowest BCUT2D eigenvalue weighted by molar-refractivity contribution is 0.0926. The van der Waals surface area contributed by atoms with Gasteiger partial charge in [0.1, 0.15) is 10.7 Å². The third-order valence-corrected chi connectivity index (χ3v) is 5.11. The summed E-state index contributed by atoms with van der Waals surface area (Å²) in [7, 11) is 1.95. The Kier molecular flexibility index (Phi) is 4.86. The van der Waals surface area contributed by atoms with Crippen molar-refractivity contribution in [3.63, 3.8) is 0 Å².